The highest BCUT2D eigenvalue weighted by molar-refractivity contribution is 7.17. The molecule has 3 aliphatic rings. The van der Waals surface area contributed by atoms with Crippen molar-refractivity contribution < 1.29 is 19.5 Å². The van der Waals surface area contributed by atoms with Gasteiger partial charge < -0.3 is 15.3 Å². The summed E-state index contributed by atoms with van der Waals surface area (Å²) in [6.07, 6.45) is 7.07. The summed E-state index contributed by atoms with van der Waals surface area (Å²) in [7, 11) is 0. The van der Waals surface area contributed by atoms with Crippen molar-refractivity contribution in [2.75, 3.05) is 11.9 Å². The van der Waals surface area contributed by atoms with Gasteiger partial charge in [0.05, 0.1) is 11.5 Å². The number of carboxylic acids is 1. The summed E-state index contributed by atoms with van der Waals surface area (Å²) in [6.45, 7) is 4.84. The molecule has 1 aromatic heterocycles. The fourth-order valence-electron chi connectivity index (χ4n) is 4.91. The molecule has 1 atom stereocenters. The first-order valence-electron chi connectivity index (χ1n) is 10.2. The topological polar surface area (TPSA) is 86.7 Å². The van der Waals surface area contributed by atoms with Crippen LogP contribution in [0, 0.1) is 11.3 Å². The molecular formula is C21H28N2O4S. The monoisotopic (exact) mass is 404 g/mol. The van der Waals surface area contributed by atoms with Crippen LogP contribution in [-0.4, -0.2) is 40.4 Å². The molecule has 4 rings (SSSR count). The zero-order chi connectivity index (χ0) is 20.1. The van der Waals surface area contributed by atoms with E-state index in [1.54, 1.807) is 0 Å². The molecule has 0 spiro atoms. The number of anilines is 1. The minimum absolute atomic E-state index is 0.0535. The normalized spacial score (nSPS) is 24.4. The maximum Gasteiger partial charge on any atom is 0.339 e. The Bertz CT molecular complexity index is 823. The van der Waals surface area contributed by atoms with Gasteiger partial charge in [-0.2, -0.15) is 0 Å². The zero-order valence-corrected chi connectivity index (χ0v) is 17.4. The van der Waals surface area contributed by atoms with Crippen molar-refractivity contribution >= 4 is 34.1 Å². The number of likely N-dealkylation sites (tertiary alicyclic amines) is 1. The van der Waals surface area contributed by atoms with Gasteiger partial charge >= 0.3 is 5.97 Å². The van der Waals surface area contributed by atoms with Gasteiger partial charge in [0.15, 0.2) is 0 Å². The van der Waals surface area contributed by atoms with E-state index in [-0.39, 0.29) is 35.3 Å². The number of hydrogen-bond donors (Lipinski definition) is 2. The van der Waals surface area contributed by atoms with E-state index < -0.39 is 11.9 Å². The molecule has 2 aliphatic carbocycles. The van der Waals surface area contributed by atoms with Crippen molar-refractivity contribution in [3.05, 3.63) is 16.0 Å². The molecule has 2 heterocycles. The van der Waals surface area contributed by atoms with Gasteiger partial charge in [-0.3, -0.25) is 9.59 Å². The lowest BCUT2D eigenvalue weighted by Gasteiger charge is -2.29. The van der Waals surface area contributed by atoms with Crippen LogP contribution in [0.1, 0.15) is 73.2 Å². The molecule has 0 aromatic carbocycles. The summed E-state index contributed by atoms with van der Waals surface area (Å²) in [6, 6.07) is 0.274. The van der Waals surface area contributed by atoms with Crippen LogP contribution >= 0.6 is 11.3 Å². The highest BCUT2D eigenvalue weighted by atomic mass is 32.1. The molecule has 152 valence electrons. The third kappa shape index (κ3) is 3.56. The Morgan fingerprint density at radius 1 is 1.25 bits per heavy atom. The van der Waals surface area contributed by atoms with E-state index in [0.29, 0.717) is 11.5 Å². The molecule has 0 radical (unpaired) electrons. The lowest BCUT2D eigenvalue weighted by atomic mass is 9.77. The Kier molecular flexibility index (Phi) is 4.98. The molecule has 1 saturated carbocycles. The number of carbonyl (C=O) groups is 3. The number of rotatable bonds is 4. The van der Waals surface area contributed by atoms with Crippen LogP contribution in [0.25, 0.3) is 0 Å². The van der Waals surface area contributed by atoms with Crippen LogP contribution in [0.4, 0.5) is 5.00 Å². The second-order valence-electron chi connectivity index (χ2n) is 9.23. The van der Waals surface area contributed by atoms with Crippen LogP contribution in [0.3, 0.4) is 0 Å². The Morgan fingerprint density at radius 2 is 1.96 bits per heavy atom. The maximum absolute atomic E-state index is 12.9. The molecule has 1 unspecified atom stereocenters. The molecular weight excluding hydrogens is 376 g/mol. The summed E-state index contributed by atoms with van der Waals surface area (Å²) in [5.74, 6) is -1.56. The van der Waals surface area contributed by atoms with Gasteiger partial charge in [-0.25, -0.2) is 4.79 Å². The summed E-state index contributed by atoms with van der Waals surface area (Å²) in [5.41, 5.74) is 1.28. The fraction of sp³-hybridized carbons (Fsp3) is 0.667. The van der Waals surface area contributed by atoms with E-state index in [4.69, 9.17) is 0 Å². The van der Waals surface area contributed by atoms with Gasteiger partial charge in [0.1, 0.15) is 5.00 Å². The second kappa shape index (κ2) is 7.17. The number of aromatic carboxylic acids is 1. The van der Waals surface area contributed by atoms with Gasteiger partial charge in [0.25, 0.3) is 0 Å². The van der Waals surface area contributed by atoms with Crippen molar-refractivity contribution in [1.29, 1.82) is 0 Å². The molecule has 7 heteroatoms. The molecule has 1 aromatic rings. The van der Waals surface area contributed by atoms with Crippen LogP contribution in [0.15, 0.2) is 0 Å². The Balaban J connectivity index is 1.51. The van der Waals surface area contributed by atoms with Crippen LogP contribution in [0.2, 0.25) is 0 Å². The highest BCUT2D eigenvalue weighted by Crippen LogP contribution is 2.44. The molecule has 2 fully saturated rings. The molecule has 1 aliphatic heterocycles. The first kappa shape index (κ1) is 19.4. The van der Waals surface area contributed by atoms with Crippen molar-refractivity contribution in [2.24, 2.45) is 11.3 Å². The predicted molar refractivity (Wildman–Crippen MR) is 108 cm³/mol. The standard InChI is InChI=1S/C21H28N2O4S/c1-21(2)8-7-14-15(10-21)28-19(17(14)20(26)27)22-18(25)12-9-16(24)23(11-12)13-5-3-4-6-13/h12-13H,3-11H2,1-2H3,(H,22,25)(H,26,27). The van der Waals surface area contributed by atoms with Gasteiger partial charge in [-0.05, 0) is 43.1 Å². The minimum Gasteiger partial charge on any atom is -0.478 e. The summed E-state index contributed by atoms with van der Waals surface area (Å²) in [5, 5.41) is 13.0. The number of nitrogens with one attached hydrogen (secondary N) is 1. The lowest BCUT2D eigenvalue weighted by molar-refractivity contribution is -0.129. The Hall–Kier alpha value is -1.89. The summed E-state index contributed by atoms with van der Waals surface area (Å²) < 4.78 is 0. The number of carboxylic acid groups (broad SMARTS) is 1. The van der Waals surface area contributed by atoms with Crippen molar-refractivity contribution in [3.8, 4) is 0 Å². The number of nitrogens with zero attached hydrogens (tertiary/aromatic N) is 1. The SMILES string of the molecule is CC1(C)CCc2c(sc(NC(=O)C3CC(=O)N(C4CCCC4)C3)c2C(=O)O)C1. The third-order valence-corrected chi connectivity index (χ3v) is 7.67. The average Bonchev–Trinajstić information content (AvgIpc) is 3.31. The first-order valence-corrected chi connectivity index (χ1v) is 11.0. The number of thiophene rings is 1. The fourth-order valence-corrected chi connectivity index (χ4v) is 6.41. The molecule has 2 N–H and O–H groups in total. The van der Waals surface area contributed by atoms with E-state index in [9.17, 15) is 19.5 Å². The van der Waals surface area contributed by atoms with Crippen molar-refractivity contribution in [3.63, 3.8) is 0 Å². The average molecular weight is 405 g/mol. The number of carbonyl (C=O) groups excluding carboxylic acids is 2. The van der Waals surface area contributed by atoms with Gasteiger partial charge in [0, 0.05) is 23.9 Å². The van der Waals surface area contributed by atoms with Crippen molar-refractivity contribution in [1.82, 2.24) is 4.90 Å². The van der Waals surface area contributed by atoms with Gasteiger partial charge in [-0.15, -0.1) is 11.3 Å². The quantitative estimate of drug-likeness (QED) is 0.801. The minimum atomic E-state index is -0.984. The number of fused-ring (bicyclic) bond motifs is 1. The summed E-state index contributed by atoms with van der Waals surface area (Å²) in [4.78, 5) is 40.1. The Morgan fingerprint density at radius 3 is 2.64 bits per heavy atom. The van der Waals surface area contributed by atoms with Crippen LogP contribution in [0.5, 0.6) is 0 Å². The highest BCUT2D eigenvalue weighted by Gasteiger charge is 2.39. The smallest absolute Gasteiger partial charge is 0.339 e. The molecule has 0 bridgehead atoms. The summed E-state index contributed by atoms with van der Waals surface area (Å²) >= 11 is 1.40. The van der Waals surface area contributed by atoms with E-state index in [0.717, 1.165) is 55.4 Å². The molecule has 2 amide bonds. The van der Waals surface area contributed by atoms with Gasteiger partial charge in [0.2, 0.25) is 11.8 Å². The first-order chi connectivity index (χ1) is 13.2. The van der Waals surface area contributed by atoms with Crippen LogP contribution in [-0.2, 0) is 22.4 Å². The Labute approximate surface area is 169 Å². The van der Waals surface area contributed by atoms with E-state index in [2.05, 4.69) is 19.2 Å². The largest absolute Gasteiger partial charge is 0.478 e. The van der Waals surface area contributed by atoms with E-state index in [1.807, 2.05) is 4.90 Å². The van der Waals surface area contributed by atoms with Crippen LogP contribution < -0.4 is 5.32 Å². The molecule has 6 nitrogen and oxygen atoms in total. The predicted octanol–water partition coefficient (Wildman–Crippen LogP) is 3.69. The van der Waals surface area contributed by atoms with E-state index >= 15 is 0 Å². The zero-order valence-electron chi connectivity index (χ0n) is 16.5. The van der Waals surface area contributed by atoms with Crippen molar-refractivity contribution in [2.45, 2.75) is 71.3 Å². The molecule has 28 heavy (non-hydrogen) atoms. The lowest BCUT2D eigenvalue weighted by Crippen LogP contribution is -2.35. The van der Waals surface area contributed by atoms with E-state index in [1.165, 1.54) is 11.3 Å². The number of hydrogen-bond acceptors (Lipinski definition) is 4. The maximum atomic E-state index is 12.9. The second-order valence-corrected chi connectivity index (χ2v) is 10.3. The number of amides is 2. The van der Waals surface area contributed by atoms with Gasteiger partial charge in [-0.1, -0.05) is 26.7 Å². The molecule has 1 saturated heterocycles. The third-order valence-electron chi connectivity index (χ3n) is 6.53.